The number of fused-ring (bicyclic) bond motifs is 1. The minimum Gasteiger partial charge on any atom is -0.349 e. The van der Waals surface area contributed by atoms with Crippen LogP contribution in [-0.4, -0.2) is 26.5 Å². The summed E-state index contributed by atoms with van der Waals surface area (Å²) in [6.45, 7) is 2.43. The molecule has 0 atom stereocenters. The Morgan fingerprint density at radius 3 is 2.52 bits per heavy atom. The summed E-state index contributed by atoms with van der Waals surface area (Å²) in [5, 5.41) is 3.16. The second kappa shape index (κ2) is 8.55. The third-order valence-electron chi connectivity index (χ3n) is 5.63. The van der Waals surface area contributed by atoms with Gasteiger partial charge in [0.15, 0.2) is 5.65 Å². The first-order chi connectivity index (χ1) is 14.2. The number of hydrogen-bond donors (Lipinski definition) is 1. The van der Waals surface area contributed by atoms with Gasteiger partial charge in [0, 0.05) is 29.9 Å². The monoisotopic (exact) mass is 390 g/mol. The number of carbonyl (C=O) groups is 1. The van der Waals surface area contributed by atoms with Gasteiger partial charge >= 0.3 is 0 Å². The van der Waals surface area contributed by atoms with E-state index in [9.17, 15) is 9.59 Å². The van der Waals surface area contributed by atoms with Gasteiger partial charge in [-0.1, -0.05) is 37.8 Å². The fraction of sp³-hybridized carbons (Fsp3) is 0.391. The topological polar surface area (TPSA) is 76.9 Å². The standard InChI is InChI=1S/C23H26N4O2/c1-2-27-21-19(10-7-15-24-21)26-20(23(27)29)16-11-13-17(14-12-16)22(28)25-18-8-5-3-4-6-9-18/h7,10-15,18H,2-6,8-9H2,1H3,(H,25,28). The number of nitrogens with zero attached hydrogens (tertiary/aromatic N) is 3. The van der Waals surface area contributed by atoms with Gasteiger partial charge < -0.3 is 5.32 Å². The zero-order valence-electron chi connectivity index (χ0n) is 16.7. The van der Waals surface area contributed by atoms with Crippen molar-refractivity contribution in [2.24, 2.45) is 0 Å². The number of hydrogen-bond acceptors (Lipinski definition) is 4. The van der Waals surface area contributed by atoms with Gasteiger partial charge in [-0.05, 0) is 44.0 Å². The Morgan fingerprint density at radius 1 is 1.10 bits per heavy atom. The molecule has 1 aliphatic carbocycles. The molecule has 0 saturated heterocycles. The first-order valence-corrected chi connectivity index (χ1v) is 10.4. The number of nitrogens with one attached hydrogen (secondary N) is 1. The van der Waals surface area contributed by atoms with E-state index in [0.29, 0.717) is 34.5 Å². The van der Waals surface area contributed by atoms with E-state index < -0.39 is 0 Å². The zero-order chi connectivity index (χ0) is 20.2. The summed E-state index contributed by atoms with van der Waals surface area (Å²) in [5.41, 5.74) is 2.78. The SMILES string of the molecule is CCn1c(=O)c(-c2ccc(C(=O)NC3CCCCCC3)cc2)nc2cccnc21. The third-order valence-corrected chi connectivity index (χ3v) is 5.63. The van der Waals surface area contributed by atoms with Crippen molar-refractivity contribution in [1.82, 2.24) is 19.9 Å². The molecule has 0 spiro atoms. The van der Waals surface area contributed by atoms with E-state index in [1.807, 2.05) is 19.1 Å². The highest BCUT2D eigenvalue weighted by molar-refractivity contribution is 5.94. The molecule has 1 N–H and O–H groups in total. The van der Waals surface area contributed by atoms with Crippen LogP contribution in [0.1, 0.15) is 55.8 Å². The van der Waals surface area contributed by atoms with Crippen molar-refractivity contribution in [2.45, 2.75) is 58.0 Å². The third kappa shape index (κ3) is 4.06. The number of rotatable bonds is 4. The summed E-state index contributed by atoms with van der Waals surface area (Å²) in [5.74, 6) is -0.0508. The van der Waals surface area contributed by atoms with Crippen molar-refractivity contribution >= 4 is 17.1 Å². The van der Waals surface area contributed by atoms with Crippen LogP contribution in [0.2, 0.25) is 0 Å². The predicted octanol–water partition coefficient (Wildman–Crippen LogP) is 3.93. The highest BCUT2D eigenvalue weighted by Gasteiger charge is 2.17. The van der Waals surface area contributed by atoms with Crippen molar-refractivity contribution in [3.8, 4) is 11.3 Å². The van der Waals surface area contributed by atoms with Crippen LogP contribution >= 0.6 is 0 Å². The summed E-state index contributed by atoms with van der Waals surface area (Å²) >= 11 is 0. The highest BCUT2D eigenvalue weighted by Crippen LogP contribution is 2.20. The molecule has 2 heterocycles. The predicted molar refractivity (Wildman–Crippen MR) is 114 cm³/mol. The molecule has 1 fully saturated rings. The summed E-state index contributed by atoms with van der Waals surface area (Å²) in [4.78, 5) is 34.4. The van der Waals surface area contributed by atoms with Crippen molar-refractivity contribution in [1.29, 1.82) is 0 Å². The van der Waals surface area contributed by atoms with Gasteiger partial charge in [-0.25, -0.2) is 9.97 Å². The Hall–Kier alpha value is -3.02. The fourth-order valence-corrected chi connectivity index (χ4v) is 4.03. The molecule has 0 aliphatic heterocycles. The lowest BCUT2D eigenvalue weighted by Crippen LogP contribution is -2.34. The van der Waals surface area contributed by atoms with Gasteiger partial charge in [0.25, 0.3) is 11.5 Å². The maximum atomic E-state index is 12.9. The molecule has 1 saturated carbocycles. The largest absolute Gasteiger partial charge is 0.349 e. The van der Waals surface area contributed by atoms with Crippen LogP contribution in [0.5, 0.6) is 0 Å². The highest BCUT2D eigenvalue weighted by atomic mass is 16.1. The summed E-state index contributed by atoms with van der Waals surface area (Å²) in [7, 11) is 0. The van der Waals surface area contributed by atoms with E-state index >= 15 is 0 Å². The molecule has 1 aromatic carbocycles. The fourth-order valence-electron chi connectivity index (χ4n) is 4.03. The Balaban J connectivity index is 1.60. The summed E-state index contributed by atoms with van der Waals surface area (Å²) in [6.07, 6.45) is 8.63. The lowest BCUT2D eigenvalue weighted by Gasteiger charge is -2.16. The van der Waals surface area contributed by atoms with Gasteiger partial charge in [-0.3, -0.25) is 14.2 Å². The molecule has 6 heteroatoms. The molecule has 0 radical (unpaired) electrons. The molecule has 3 aromatic rings. The van der Waals surface area contributed by atoms with Crippen molar-refractivity contribution in [3.63, 3.8) is 0 Å². The number of amides is 1. The van der Waals surface area contributed by atoms with Crippen LogP contribution in [0.25, 0.3) is 22.4 Å². The Kier molecular flexibility index (Phi) is 5.69. The Bertz CT molecular complexity index is 1060. The van der Waals surface area contributed by atoms with Crippen LogP contribution in [0, 0.1) is 0 Å². The first kappa shape index (κ1) is 19.3. The van der Waals surface area contributed by atoms with Gasteiger partial charge in [0.2, 0.25) is 0 Å². The molecular formula is C23H26N4O2. The number of pyridine rings is 1. The van der Waals surface area contributed by atoms with E-state index in [2.05, 4.69) is 15.3 Å². The van der Waals surface area contributed by atoms with E-state index in [4.69, 9.17) is 0 Å². The second-order valence-electron chi connectivity index (χ2n) is 7.60. The van der Waals surface area contributed by atoms with Gasteiger partial charge in [0.1, 0.15) is 11.2 Å². The van der Waals surface area contributed by atoms with Crippen LogP contribution in [0.3, 0.4) is 0 Å². The second-order valence-corrected chi connectivity index (χ2v) is 7.60. The molecule has 1 amide bonds. The molecule has 29 heavy (non-hydrogen) atoms. The Labute approximate surface area is 170 Å². The minimum atomic E-state index is -0.172. The molecule has 150 valence electrons. The number of carbonyl (C=O) groups excluding carboxylic acids is 1. The van der Waals surface area contributed by atoms with E-state index in [1.165, 1.54) is 25.7 Å². The number of aromatic nitrogens is 3. The lowest BCUT2D eigenvalue weighted by molar-refractivity contribution is 0.0933. The van der Waals surface area contributed by atoms with E-state index in [1.54, 1.807) is 35.0 Å². The molecule has 1 aliphatic rings. The average Bonchev–Trinajstić information content (AvgIpc) is 3.02. The average molecular weight is 390 g/mol. The van der Waals surface area contributed by atoms with Gasteiger partial charge in [-0.15, -0.1) is 0 Å². The van der Waals surface area contributed by atoms with Crippen LogP contribution in [0.15, 0.2) is 47.4 Å². The van der Waals surface area contributed by atoms with Crippen molar-refractivity contribution < 1.29 is 4.79 Å². The van der Waals surface area contributed by atoms with Gasteiger partial charge in [-0.2, -0.15) is 0 Å². The maximum absolute atomic E-state index is 12.9. The quantitative estimate of drug-likeness (QED) is 0.685. The molecule has 0 bridgehead atoms. The normalized spacial score (nSPS) is 15.2. The van der Waals surface area contributed by atoms with Crippen molar-refractivity contribution in [2.75, 3.05) is 0 Å². The molecule has 0 unspecified atom stereocenters. The van der Waals surface area contributed by atoms with Gasteiger partial charge in [0.05, 0.1) is 0 Å². The minimum absolute atomic E-state index is 0.0508. The number of benzene rings is 1. The Morgan fingerprint density at radius 2 is 1.83 bits per heavy atom. The van der Waals surface area contributed by atoms with E-state index in [0.717, 1.165) is 12.8 Å². The van der Waals surface area contributed by atoms with Crippen LogP contribution in [0.4, 0.5) is 0 Å². The zero-order valence-corrected chi connectivity index (χ0v) is 16.7. The van der Waals surface area contributed by atoms with E-state index in [-0.39, 0.29) is 17.5 Å². The summed E-state index contributed by atoms with van der Waals surface area (Å²) < 4.78 is 1.63. The summed E-state index contributed by atoms with van der Waals surface area (Å²) in [6, 6.07) is 11.1. The first-order valence-electron chi connectivity index (χ1n) is 10.4. The molecular weight excluding hydrogens is 364 g/mol. The van der Waals surface area contributed by atoms with Crippen LogP contribution < -0.4 is 10.9 Å². The maximum Gasteiger partial charge on any atom is 0.278 e. The van der Waals surface area contributed by atoms with Crippen molar-refractivity contribution in [3.05, 3.63) is 58.5 Å². The number of aryl methyl sites for hydroxylation is 1. The smallest absolute Gasteiger partial charge is 0.278 e. The van der Waals surface area contributed by atoms with Crippen LogP contribution in [-0.2, 0) is 6.54 Å². The molecule has 2 aromatic heterocycles. The molecule has 4 rings (SSSR count). The lowest BCUT2D eigenvalue weighted by atomic mass is 10.1. The molecule has 6 nitrogen and oxygen atoms in total.